The van der Waals surface area contributed by atoms with Gasteiger partial charge in [0.05, 0.1) is 12.5 Å². The van der Waals surface area contributed by atoms with Gasteiger partial charge in [-0.15, -0.1) is 0 Å². The maximum absolute atomic E-state index is 13.1. The Morgan fingerprint density at radius 2 is 1.94 bits per heavy atom. The highest BCUT2D eigenvalue weighted by atomic mass is 19.2. The van der Waals surface area contributed by atoms with E-state index in [1.165, 1.54) is 13.2 Å². The average molecular weight is 243 g/mol. The van der Waals surface area contributed by atoms with Crippen LogP contribution in [0.1, 0.15) is 25.5 Å². The Balaban J connectivity index is 3.07. The molecule has 0 unspecified atom stereocenters. The molecule has 0 aliphatic rings. The predicted octanol–water partition coefficient (Wildman–Crippen LogP) is 2.16. The van der Waals surface area contributed by atoms with Crippen LogP contribution in [-0.2, 0) is 9.53 Å². The molecule has 0 saturated heterocycles. The van der Waals surface area contributed by atoms with Gasteiger partial charge in [0.15, 0.2) is 11.6 Å². The molecule has 0 aliphatic heterocycles. The zero-order chi connectivity index (χ0) is 13.2. The van der Waals surface area contributed by atoms with Crippen molar-refractivity contribution in [3.8, 4) is 0 Å². The lowest BCUT2D eigenvalue weighted by atomic mass is 9.81. The highest BCUT2D eigenvalue weighted by molar-refractivity contribution is 5.77. The van der Waals surface area contributed by atoms with E-state index in [1.54, 1.807) is 13.8 Å². The molecule has 3 nitrogen and oxygen atoms in total. The lowest BCUT2D eigenvalue weighted by Crippen LogP contribution is -2.37. The number of nitrogens with two attached hydrogens (primary N) is 1. The molecule has 0 spiro atoms. The van der Waals surface area contributed by atoms with Crippen molar-refractivity contribution in [2.75, 3.05) is 7.11 Å². The van der Waals surface area contributed by atoms with E-state index in [1.807, 2.05) is 0 Å². The molecule has 1 aromatic rings. The van der Waals surface area contributed by atoms with Gasteiger partial charge in [-0.05, 0) is 31.5 Å². The van der Waals surface area contributed by atoms with E-state index in [0.29, 0.717) is 5.56 Å². The molecule has 0 amide bonds. The van der Waals surface area contributed by atoms with E-state index in [-0.39, 0.29) is 0 Å². The van der Waals surface area contributed by atoms with Crippen molar-refractivity contribution in [2.24, 2.45) is 11.1 Å². The van der Waals surface area contributed by atoms with Gasteiger partial charge in [0, 0.05) is 6.04 Å². The Morgan fingerprint density at radius 1 is 1.35 bits per heavy atom. The summed E-state index contributed by atoms with van der Waals surface area (Å²) in [5.41, 5.74) is 5.21. The van der Waals surface area contributed by atoms with Gasteiger partial charge in [-0.1, -0.05) is 6.07 Å². The number of rotatable bonds is 3. The van der Waals surface area contributed by atoms with Crippen molar-refractivity contribution in [3.05, 3.63) is 35.4 Å². The minimum absolute atomic E-state index is 0.347. The Hall–Kier alpha value is -1.49. The number of hydrogen-bond donors (Lipinski definition) is 1. The number of methoxy groups -OCH3 is 1. The van der Waals surface area contributed by atoms with E-state index < -0.39 is 29.1 Å². The summed E-state index contributed by atoms with van der Waals surface area (Å²) in [6, 6.07) is 2.56. The number of ether oxygens (including phenoxy) is 1. The molecule has 1 atom stereocenters. The van der Waals surface area contributed by atoms with Crippen molar-refractivity contribution in [1.29, 1.82) is 0 Å². The first kappa shape index (κ1) is 13.6. The fourth-order valence-electron chi connectivity index (χ4n) is 1.51. The standard InChI is InChI=1S/C12H15F2NO2/c1-12(2,11(16)17-3)10(15)7-4-5-8(13)9(14)6-7/h4-6,10H,15H2,1-3H3/t10-/m0/s1. The molecule has 1 aromatic carbocycles. The third-order valence-electron chi connectivity index (χ3n) is 2.79. The Bertz CT molecular complexity index is 433. The topological polar surface area (TPSA) is 52.3 Å². The van der Waals surface area contributed by atoms with Gasteiger partial charge in [-0.3, -0.25) is 4.79 Å². The largest absolute Gasteiger partial charge is 0.469 e. The lowest BCUT2D eigenvalue weighted by molar-refractivity contribution is -0.152. The van der Waals surface area contributed by atoms with Crippen LogP contribution in [0, 0.1) is 17.0 Å². The summed E-state index contributed by atoms with van der Waals surface area (Å²) in [7, 11) is 1.25. The fourth-order valence-corrected chi connectivity index (χ4v) is 1.51. The molecule has 1 rings (SSSR count). The molecule has 5 heteroatoms. The van der Waals surface area contributed by atoms with Crippen LogP contribution in [0.5, 0.6) is 0 Å². The summed E-state index contributed by atoms with van der Waals surface area (Å²) in [4.78, 5) is 11.5. The molecule has 0 heterocycles. The molecule has 0 aromatic heterocycles. The van der Waals surface area contributed by atoms with Crippen molar-refractivity contribution in [3.63, 3.8) is 0 Å². The number of carbonyl (C=O) groups excluding carboxylic acids is 1. The average Bonchev–Trinajstić information content (AvgIpc) is 2.30. The molecule has 94 valence electrons. The predicted molar refractivity (Wildman–Crippen MR) is 59.1 cm³/mol. The first-order valence-corrected chi connectivity index (χ1v) is 5.09. The van der Waals surface area contributed by atoms with Crippen LogP contribution in [0.25, 0.3) is 0 Å². The summed E-state index contributed by atoms with van der Waals surface area (Å²) in [5.74, 6) is -2.44. The molecule has 0 bridgehead atoms. The minimum Gasteiger partial charge on any atom is -0.469 e. The second-order valence-electron chi connectivity index (χ2n) is 4.36. The third kappa shape index (κ3) is 2.61. The van der Waals surface area contributed by atoms with Gasteiger partial charge < -0.3 is 10.5 Å². The molecule has 2 N–H and O–H groups in total. The van der Waals surface area contributed by atoms with Crippen LogP contribution in [0.15, 0.2) is 18.2 Å². The molecular weight excluding hydrogens is 228 g/mol. The maximum atomic E-state index is 13.1. The summed E-state index contributed by atoms with van der Waals surface area (Å²) in [6.45, 7) is 3.18. The van der Waals surface area contributed by atoms with Gasteiger partial charge in [0.25, 0.3) is 0 Å². The van der Waals surface area contributed by atoms with Crippen LogP contribution in [0.3, 0.4) is 0 Å². The van der Waals surface area contributed by atoms with Gasteiger partial charge in [-0.2, -0.15) is 0 Å². The minimum atomic E-state index is -1.01. The van der Waals surface area contributed by atoms with Gasteiger partial charge in [0.1, 0.15) is 0 Å². The van der Waals surface area contributed by atoms with Crippen LogP contribution < -0.4 is 5.73 Å². The van der Waals surface area contributed by atoms with Crippen LogP contribution >= 0.6 is 0 Å². The van der Waals surface area contributed by atoms with Crippen LogP contribution in [0.2, 0.25) is 0 Å². The quantitative estimate of drug-likeness (QED) is 0.828. The van der Waals surface area contributed by atoms with Crippen LogP contribution in [0.4, 0.5) is 8.78 Å². The first-order chi connectivity index (χ1) is 7.80. The zero-order valence-electron chi connectivity index (χ0n) is 9.96. The number of carbonyl (C=O) groups is 1. The molecule has 0 fully saturated rings. The van der Waals surface area contributed by atoms with Crippen LogP contribution in [-0.4, -0.2) is 13.1 Å². The van der Waals surface area contributed by atoms with E-state index in [4.69, 9.17) is 5.73 Å². The number of halogens is 2. The SMILES string of the molecule is COC(=O)C(C)(C)[C@@H](N)c1ccc(F)c(F)c1. The van der Waals surface area contributed by atoms with Gasteiger partial charge in [-0.25, -0.2) is 8.78 Å². The second kappa shape index (κ2) is 4.79. The third-order valence-corrected chi connectivity index (χ3v) is 2.79. The highest BCUT2D eigenvalue weighted by Crippen LogP contribution is 2.32. The van der Waals surface area contributed by atoms with Gasteiger partial charge >= 0.3 is 5.97 Å². The molecule has 0 aliphatic carbocycles. The summed E-state index contributed by atoms with van der Waals surface area (Å²) in [6.07, 6.45) is 0. The lowest BCUT2D eigenvalue weighted by Gasteiger charge is -2.28. The smallest absolute Gasteiger partial charge is 0.313 e. The summed E-state index contributed by atoms with van der Waals surface area (Å²) in [5, 5.41) is 0. The Kier molecular flexibility index (Phi) is 3.83. The number of esters is 1. The fraction of sp³-hybridized carbons (Fsp3) is 0.417. The van der Waals surface area contributed by atoms with Crippen molar-refractivity contribution in [1.82, 2.24) is 0 Å². The van der Waals surface area contributed by atoms with E-state index >= 15 is 0 Å². The summed E-state index contributed by atoms with van der Waals surface area (Å²) < 4.78 is 30.5. The monoisotopic (exact) mass is 243 g/mol. The first-order valence-electron chi connectivity index (χ1n) is 5.09. The second-order valence-corrected chi connectivity index (χ2v) is 4.36. The van der Waals surface area contributed by atoms with E-state index in [9.17, 15) is 13.6 Å². The van der Waals surface area contributed by atoms with Crippen molar-refractivity contribution < 1.29 is 18.3 Å². The van der Waals surface area contributed by atoms with Crippen molar-refractivity contribution >= 4 is 5.97 Å². The normalized spacial score (nSPS) is 13.3. The molecular formula is C12H15F2NO2. The zero-order valence-corrected chi connectivity index (χ0v) is 9.96. The summed E-state index contributed by atoms with van der Waals surface area (Å²) >= 11 is 0. The highest BCUT2D eigenvalue weighted by Gasteiger charge is 2.36. The maximum Gasteiger partial charge on any atom is 0.313 e. The number of benzene rings is 1. The van der Waals surface area contributed by atoms with Gasteiger partial charge in [0.2, 0.25) is 0 Å². The van der Waals surface area contributed by atoms with Crippen molar-refractivity contribution in [2.45, 2.75) is 19.9 Å². The molecule has 0 saturated carbocycles. The molecule has 0 radical (unpaired) electrons. The molecule has 17 heavy (non-hydrogen) atoms. The number of hydrogen-bond acceptors (Lipinski definition) is 3. The van der Waals surface area contributed by atoms with E-state index in [0.717, 1.165) is 12.1 Å². The Labute approximate surface area is 98.6 Å². The van der Waals surface area contributed by atoms with E-state index in [2.05, 4.69) is 4.74 Å². The Morgan fingerprint density at radius 3 is 2.41 bits per heavy atom.